The molecular weight excluding hydrogens is 230 g/mol. The van der Waals surface area contributed by atoms with Gasteiger partial charge in [0, 0.05) is 10.8 Å². The Morgan fingerprint density at radius 2 is 1.94 bits per heavy atom. The summed E-state index contributed by atoms with van der Waals surface area (Å²) in [5, 5.41) is 12.8. The molecule has 18 heavy (non-hydrogen) atoms. The second-order valence-electron chi connectivity index (χ2n) is 3.97. The van der Waals surface area contributed by atoms with Crippen molar-refractivity contribution in [3.63, 3.8) is 0 Å². The lowest BCUT2D eigenvalue weighted by atomic mass is 10.1. The van der Waals surface area contributed by atoms with Crippen molar-refractivity contribution in [2.24, 2.45) is 0 Å². The molecule has 4 heteroatoms. The zero-order valence-corrected chi connectivity index (χ0v) is 9.42. The third-order valence-corrected chi connectivity index (χ3v) is 2.94. The summed E-state index contributed by atoms with van der Waals surface area (Å²) in [5.74, 6) is 0. The molecule has 0 amide bonds. The third-order valence-electron chi connectivity index (χ3n) is 2.94. The lowest BCUT2D eigenvalue weighted by molar-refractivity contribution is -0.385. The van der Waals surface area contributed by atoms with E-state index in [4.69, 9.17) is 4.42 Å². The molecular formula is C14H9NO3. The summed E-state index contributed by atoms with van der Waals surface area (Å²) in [6, 6.07) is 10.7. The van der Waals surface area contributed by atoms with Crippen molar-refractivity contribution in [2.75, 3.05) is 0 Å². The van der Waals surface area contributed by atoms with Gasteiger partial charge in [-0.3, -0.25) is 10.1 Å². The highest BCUT2D eigenvalue weighted by Gasteiger charge is 2.16. The molecule has 0 saturated carbocycles. The first-order chi connectivity index (χ1) is 8.70. The first-order valence-electron chi connectivity index (χ1n) is 5.43. The Morgan fingerprint density at radius 3 is 2.67 bits per heavy atom. The molecule has 0 aliphatic heterocycles. The van der Waals surface area contributed by atoms with Gasteiger partial charge in [0.1, 0.15) is 11.2 Å². The van der Waals surface area contributed by atoms with Crippen LogP contribution in [-0.4, -0.2) is 4.92 Å². The number of nitro groups is 1. The predicted octanol–water partition coefficient (Wildman–Crippen LogP) is 4.14. The van der Waals surface area contributed by atoms with Gasteiger partial charge in [0.25, 0.3) is 5.69 Å². The third kappa shape index (κ3) is 1.39. The van der Waals surface area contributed by atoms with Crippen LogP contribution in [0, 0.1) is 10.1 Å². The molecule has 0 bridgehead atoms. The molecule has 1 aromatic heterocycles. The maximum atomic E-state index is 11.0. The molecule has 3 rings (SSSR count). The van der Waals surface area contributed by atoms with Gasteiger partial charge >= 0.3 is 0 Å². The van der Waals surface area contributed by atoms with E-state index in [9.17, 15) is 10.1 Å². The number of fused-ring (bicyclic) bond motifs is 3. The topological polar surface area (TPSA) is 56.3 Å². The first kappa shape index (κ1) is 10.5. The summed E-state index contributed by atoms with van der Waals surface area (Å²) in [6.45, 7) is 3.61. The van der Waals surface area contributed by atoms with Gasteiger partial charge in [-0.15, -0.1) is 0 Å². The Kier molecular flexibility index (Phi) is 2.16. The predicted molar refractivity (Wildman–Crippen MR) is 70.5 cm³/mol. The second kappa shape index (κ2) is 3.70. The van der Waals surface area contributed by atoms with E-state index in [1.165, 1.54) is 12.1 Å². The maximum absolute atomic E-state index is 11.0. The van der Waals surface area contributed by atoms with Crippen LogP contribution < -0.4 is 0 Å². The molecule has 0 aliphatic rings. The van der Waals surface area contributed by atoms with E-state index < -0.39 is 4.92 Å². The van der Waals surface area contributed by atoms with Crippen molar-refractivity contribution in [1.82, 2.24) is 0 Å². The molecule has 0 N–H and O–H groups in total. The van der Waals surface area contributed by atoms with Crippen molar-refractivity contribution in [1.29, 1.82) is 0 Å². The molecule has 2 aromatic carbocycles. The number of benzene rings is 2. The van der Waals surface area contributed by atoms with Gasteiger partial charge in [-0.2, -0.15) is 0 Å². The SMILES string of the molecule is C=Cc1cc2c(cc1[N+](=O)[O-])oc1ccccc12. The number of hydrogen-bond donors (Lipinski definition) is 0. The standard InChI is InChI=1S/C14H9NO3/c1-2-9-7-11-10-5-3-4-6-13(10)18-14(11)8-12(9)15(16)17/h2-8H,1H2. The van der Waals surface area contributed by atoms with Crippen molar-refractivity contribution < 1.29 is 9.34 Å². The molecule has 3 aromatic rings. The van der Waals surface area contributed by atoms with Crippen LogP contribution in [0.2, 0.25) is 0 Å². The van der Waals surface area contributed by atoms with Crippen molar-refractivity contribution in [2.45, 2.75) is 0 Å². The van der Waals surface area contributed by atoms with Crippen molar-refractivity contribution in [3.05, 3.63) is 58.7 Å². The molecule has 0 spiro atoms. The average molecular weight is 239 g/mol. The number of rotatable bonds is 2. The van der Waals surface area contributed by atoms with Crippen LogP contribution in [0.3, 0.4) is 0 Å². The minimum atomic E-state index is -0.427. The lowest BCUT2D eigenvalue weighted by Gasteiger charge is -1.97. The zero-order valence-electron chi connectivity index (χ0n) is 9.42. The van der Waals surface area contributed by atoms with E-state index in [1.54, 1.807) is 6.07 Å². The van der Waals surface area contributed by atoms with Crippen LogP contribution in [0.1, 0.15) is 5.56 Å². The monoisotopic (exact) mass is 239 g/mol. The fraction of sp³-hybridized carbons (Fsp3) is 0. The smallest absolute Gasteiger partial charge is 0.280 e. The van der Waals surface area contributed by atoms with E-state index in [-0.39, 0.29) is 5.69 Å². The molecule has 0 radical (unpaired) electrons. The summed E-state index contributed by atoms with van der Waals surface area (Å²) in [5.41, 5.74) is 1.76. The van der Waals surface area contributed by atoms with Gasteiger partial charge in [0.2, 0.25) is 0 Å². The number of nitrogens with zero attached hydrogens (tertiary/aromatic N) is 1. The van der Waals surface area contributed by atoms with Crippen LogP contribution in [0.25, 0.3) is 28.0 Å². The summed E-state index contributed by atoms with van der Waals surface area (Å²) in [6.07, 6.45) is 1.49. The molecule has 0 fully saturated rings. The van der Waals surface area contributed by atoms with E-state index in [0.717, 1.165) is 16.4 Å². The summed E-state index contributed by atoms with van der Waals surface area (Å²) in [7, 11) is 0. The van der Waals surface area contributed by atoms with Gasteiger partial charge in [-0.1, -0.05) is 30.9 Å². The molecule has 0 atom stereocenters. The van der Waals surface area contributed by atoms with Crippen LogP contribution in [-0.2, 0) is 0 Å². The Morgan fingerprint density at radius 1 is 1.17 bits per heavy atom. The fourth-order valence-corrected chi connectivity index (χ4v) is 2.10. The minimum absolute atomic E-state index is 0.0107. The van der Waals surface area contributed by atoms with Gasteiger partial charge in [0.05, 0.1) is 16.6 Å². The van der Waals surface area contributed by atoms with E-state index in [2.05, 4.69) is 6.58 Å². The Labute approximate surface area is 102 Å². The minimum Gasteiger partial charge on any atom is -0.456 e. The van der Waals surface area contributed by atoms with Gasteiger partial charge in [-0.05, 0) is 12.1 Å². The second-order valence-corrected chi connectivity index (χ2v) is 3.97. The van der Waals surface area contributed by atoms with E-state index in [0.29, 0.717) is 11.1 Å². The highest BCUT2D eigenvalue weighted by atomic mass is 16.6. The van der Waals surface area contributed by atoms with Crippen LogP contribution in [0.15, 0.2) is 47.4 Å². The normalized spacial score (nSPS) is 10.9. The van der Waals surface area contributed by atoms with Crippen molar-refractivity contribution >= 4 is 33.7 Å². The Hall–Kier alpha value is -2.62. The summed E-state index contributed by atoms with van der Waals surface area (Å²) < 4.78 is 5.60. The fourth-order valence-electron chi connectivity index (χ4n) is 2.10. The summed E-state index contributed by atoms with van der Waals surface area (Å²) in [4.78, 5) is 10.5. The van der Waals surface area contributed by atoms with Gasteiger partial charge in [0.15, 0.2) is 0 Å². The number of hydrogen-bond acceptors (Lipinski definition) is 3. The number of para-hydroxylation sites is 1. The Balaban J connectivity index is 2.47. The first-order valence-corrected chi connectivity index (χ1v) is 5.43. The molecule has 0 aliphatic carbocycles. The molecule has 0 saturated heterocycles. The largest absolute Gasteiger partial charge is 0.456 e. The van der Waals surface area contributed by atoms with Crippen LogP contribution in [0.4, 0.5) is 5.69 Å². The molecule has 88 valence electrons. The number of nitro benzene ring substituents is 1. The lowest BCUT2D eigenvalue weighted by Crippen LogP contribution is -1.90. The molecule has 0 unspecified atom stereocenters. The van der Waals surface area contributed by atoms with Gasteiger partial charge < -0.3 is 4.42 Å². The average Bonchev–Trinajstić information content (AvgIpc) is 2.74. The van der Waals surface area contributed by atoms with Crippen LogP contribution >= 0.6 is 0 Å². The van der Waals surface area contributed by atoms with Crippen LogP contribution in [0.5, 0.6) is 0 Å². The number of furan rings is 1. The van der Waals surface area contributed by atoms with E-state index in [1.807, 2.05) is 24.3 Å². The highest BCUT2D eigenvalue weighted by molar-refractivity contribution is 6.06. The highest BCUT2D eigenvalue weighted by Crippen LogP contribution is 2.33. The molecule has 4 nitrogen and oxygen atoms in total. The molecule has 1 heterocycles. The van der Waals surface area contributed by atoms with Gasteiger partial charge in [-0.25, -0.2) is 0 Å². The Bertz CT molecular complexity index is 786. The maximum Gasteiger partial charge on any atom is 0.280 e. The summed E-state index contributed by atoms with van der Waals surface area (Å²) >= 11 is 0. The zero-order chi connectivity index (χ0) is 12.7. The van der Waals surface area contributed by atoms with E-state index >= 15 is 0 Å². The quantitative estimate of drug-likeness (QED) is 0.499. The van der Waals surface area contributed by atoms with Crippen molar-refractivity contribution in [3.8, 4) is 0 Å².